The summed E-state index contributed by atoms with van der Waals surface area (Å²) in [5.41, 5.74) is 3.05. The number of nitrogens with one attached hydrogen (secondary N) is 1. The van der Waals surface area contributed by atoms with E-state index < -0.39 is 0 Å². The Balaban J connectivity index is 1.89. The fourth-order valence-corrected chi connectivity index (χ4v) is 2.93. The minimum absolute atomic E-state index is 0.0552. The van der Waals surface area contributed by atoms with E-state index in [9.17, 15) is 9.59 Å². The molecule has 1 aliphatic rings. The van der Waals surface area contributed by atoms with Crippen molar-refractivity contribution in [1.82, 2.24) is 9.80 Å². The van der Waals surface area contributed by atoms with Crippen molar-refractivity contribution in [3.05, 3.63) is 29.3 Å². The van der Waals surface area contributed by atoms with Crippen molar-refractivity contribution in [2.45, 2.75) is 26.7 Å². The van der Waals surface area contributed by atoms with Crippen LogP contribution in [0.1, 0.15) is 24.0 Å². The summed E-state index contributed by atoms with van der Waals surface area (Å²) in [6, 6.07) is 5.95. The molecule has 0 bridgehead atoms. The summed E-state index contributed by atoms with van der Waals surface area (Å²) < 4.78 is 0. The number of anilines is 1. The number of carbonyl (C=O) groups is 2. The highest BCUT2D eigenvalue weighted by molar-refractivity contribution is 5.97. The zero-order valence-electron chi connectivity index (χ0n) is 14.6. The minimum atomic E-state index is -0.248. The second kappa shape index (κ2) is 7.59. The fraction of sp³-hybridized carbons (Fsp3) is 0.556. The number of carbonyl (C=O) groups excluding carboxylic acids is 2. The van der Waals surface area contributed by atoms with Crippen LogP contribution in [0.15, 0.2) is 18.2 Å². The van der Waals surface area contributed by atoms with Gasteiger partial charge >= 0.3 is 0 Å². The highest BCUT2D eigenvalue weighted by atomic mass is 16.2. The molecule has 0 aliphatic carbocycles. The molecule has 1 unspecified atom stereocenters. The molecule has 0 aromatic heterocycles. The number of rotatable bonds is 6. The molecule has 1 N–H and O–H groups in total. The molecule has 1 aromatic rings. The van der Waals surface area contributed by atoms with Gasteiger partial charge in [0, 0.05) is 25.2 Å². The molecule has 1 aliphatic heterocycles. The lowest BCUT2D eigenvalue weighted by Crippen LogP contribution is -2.30. The van der Waals surface area contributed by atoms with E-state index in [0.717, 1.165) is 30.8 Å². The zero-order valence-corrected chi connectivity index (χ0v) is 14.6. The van der Waals surface area contributed by atoms with E-state index in [2.05, 4.69) is 10.2 Å². The van der Waals surface area contributed by atoms with Crippen LogP contribution in [0.25, 0.3) is 0 Å². The smallest absolute Gasteiger partial charge is 0.229 e. The number of hydrogen-bond donors (Lipinski definition) is 1. The van der Waals surface area contributed by atoms with Gasteiger partial charge in [0.25, 0.3) is 0 Å². The van der Waals surface area contributed by atoms with Crippen molar-refractivity contribution in [1.29, 1.82) is 0 Å². The third-order valence-electron chi connectivity index (χ3n) is 4.26. The van der Waals surface area contributed by atoms with Gasteiger partial charge in [-0.1, -0.05) is 17.7 Å². The molecule has 23 heavy (non-hydrogen) atoms. The fourth-order valence-electron chi connectivity index (χ4n) is 2.93. The summed E-state index contributed by atoms with van der Waals surface area (Å²) in [5, 5.41) is 2.97. The maximum atomic E-state index is 12.4. The highest BCUT2D eigenvalue weighted by Gasteiger charge is 2.34. The van der Waals surface area contributed by atoms with Crippen LogP contribution in [-0.4, -0.2) is 55.3 Å². The molecule has 1 heterocycles. The zero-order chi connectivity index (χ0) is 17.0. The Hall–Kier alpha value is -1.88. The van der Waals surface area contributed by atoms with Crippen molar-refractivity contribution < 1.29 is 9.59 Å². The first kappa shape index (κ1) is 17.5. The van der Waals surface area contributed by atoms with Crippen LogP contribution < -0.4 is 5.32 Å². The van der Waals surface area contributed by atoms with Crippen molar-refractivity contribution in [2.24, 2.45) is 5.92 Å². The lowest BCUT2D eigenvalue weighted by molar-refractivity contribution is -0.128. The van der Waals surface area contributed by atoms with Gasteiger partial charge in [0.05, 0.1) is 5.92 Å². The summed E-state index contributed by atoms with van der Waals surface area (Å²) in [5.74, 6) is -0.215. The topological polar surface area (TPSA) is 52.7 Å². The van der Waals surface area contributed by atoms with Crippen LogP contribution in [0.5, 0.6) is 0 Å². The number of amides is 2. The van der Waals surface area contributed by atoms with Crippen LogP contribution in [0, 0.1) is 19.8 Å². The minimum Gasteiger partial charge on any atom is -0.342 e. The largest absolute Gasteiger partial charge is 0.342 e. The van der Waals surface area contributed by atoms with Gasteiger partial charge in [-0.3, -0.25) is 9.59 Å². The monoisotopic (exact) mass is 317 g/mol. The molecule has 0 saturated carbocycles. The molecule has 1 fully saturated rings. The van der Waals surface area contributed by atoms with Crippen LogP contribution in [-0.2, 0) is 9.59 Å². The highest BCUT2D eigenvalue weighted by Crippen LogP contribution is 2.22. The maximum absolute atomic E-state index is 12.4. The number of nitrogens with zero attached hydrogens (tertiary/aromatic N) is 2. The van der Waals surface area contributed by atoms with E-state index >= 15 is 0 Å². The SMILES string of the molecule is Cc1ccc(NC(=O)C2CC(=O)N(CCCN(C)C)C2)c(C)c1. The van der Waals surface area contributed by atoms with Crippen molar-refractivity contribution in [3.8, 4) is 0 Å². The van der Waals surface area contributed by atoms with Gasteiger partial charge in [-0.05, 0) is 52.5 Å². The predicted octanol–water partition coefficient (Wildman–Crippen LogP) is 2.04. The Labute approximate surface area is 138 Å². The van der Waals surface area contributed by atoms with Gasteiger partial charge in [0.1, 0.15) is 0 Å². The van der Waals surface area contributed by atoms with E-state index in [0.29, 0.717) is 13.0 Å². The van der Waals surface area contributed by atoms with Crippen LogP contribution >= 0.6 is 0 Å². The number of likely N-dealkylation sites (tertiary alicyclic amines) is 1. The Morgan fingerprint density at radius 1 is 1.35 bits per heavy atom. The van der Waals surface area contributed by atoms with Crippen LogP contribution in [0.4, 0.5) is 5.69 Å². The Morgan fingerprint density at radius 3 is 2.74 bits per heavy atom. The van der Waals surface area contributed by atoms with Gasteiger partial charge in [-0.15, -0.1) is 0 Å². The molecule has 1 saturated heterocycles. The lowest BCUT2D eigenvalue weighted by atomic mass is 10.1. The first-order valence-electron chi connectivity index (χ1n) is 8.17. The second-order valence-electron chi connectivity index (χ2n) is 6.71. The van der Waals surface area contributed by atoms with Crippen molar-refractivity contribution in [3.63, 3.8) is 0 Å². The van der Waals surface area contributed by atoms with Crippen molar-refractivity contribution >= 4 is 17.5 Å². The summed E-state index contributed by atoms with van der Waals surface area (Å²) in [7, 11) is 4.04. The number of aryl methyl sites for hydroxylation is 2. The normalized spacial score (nSPS) is 17.9. The van der Waals surface area contributed by atoms with E-state index in [1.54, 1.807) is 0 Å². The average molecular weight is 317 g/mol. The van der Waals surface area contributed by atoms with E-state index in [-0.39, 0.29) is 17.7 Å². The molecule has 2 amide bonds. The van der Waals surface area contributed by atoms with Gasteiger partial charge in [0.15, 0.2) is 0 Å². The molecule has 0 radical (unpaired) electrons. The third-order valence-corrected chi connectivity index (χ3v) is 4.26. The van der Waals surface area contributed by atoms with E-state index in [1.807, 2.05) is 51.0 Å². The van der Waals surface area contributed by atoms with E-state index in [4.69, 9.17) is 0 Å². The van der Waals surface area contributed by atoms with E-state index in [1.165, 1.54) is 5.56 Å². The quantitative estimate of drug-likeness (QED) is 0.873. The van der Waals surface area contributed by atoms with Gasteiger partial charge in [0.2, 0.25) is 11.8 Å². The maximum Gasteiger partial charge on any atom is 0.229 e. The molecule has 0 spiro atoms. The number of hydrogen-bond acceptors (Lipinski definition) is 3. The molecule has 5 nitrogen and oxygen atoms in total. The molecule has 1 atom stereocenters. The Morgan fingerprint density at radius 2 is 2.09 bits per heavy atom. The first-order valence-corrected chi connectivity index (χ1v) is 8.17. The number of benzene rings is 1. The Kier molecular flexibility index (Phi) is 5.77. The van der Waals surface area contributed by atoms with Crippen molar-refractivity contribution in [2.75, 3.05) is 39.0 Å². The molecule has 1 aromatic carbocycles. The van der Waals surface area contributed by atoms with Gasteiger partial charge < -0.3 is 15.1 Å². The average Bonchev–Trinajstić information content (AvgIpc) is 2.83. The molecule has 126 valence electrons. The lowest BCUT2D eigenvalue weighted by Gasteiger charge is -2.18. The van der Waals surface area contributed by atoms with Gasteiger partial charge in [-0.2, -0.15) is 0 Å². The second-order valence-corrected chi connectivity index (χ2v) is 6.71. The van der Waals surface area contributed by atoms with Crippen LogP contribution in [0.2, 0.25) is 0 Å². The molecular weight excluding hydrogens is 290 g/mol. The summed E-state index contributed by atoms with van der Waals surface area (Å²) in [4.78, 5) is 28.4. The standard InChI is InChI=1S/C18H27N3O2/c1-13-6-7-16(14(2)10-13)19-18(23)15-11-17(22)21(12-15)9-5-8-20(3)4/h6-7,10,15H,5,8-9,11-12H2,1-4H3,(H,19,23). The molecular formula is C18H27N3O2. The first-order chi connectivity index (χ1) is 10.9. The predicted molar refractivity (Wildman–Crippen MR) is 92.4 cm³/mol. The third kappa shape index (κ3) is 4.79. The molecule has 2 rings (SSSR count). The molecule has 5 heteroatoms. The summed E-state index contributed by atoms with van der Waals surface area (Å²) >= 11 is 0. The van der Waals surface area contributed by atoms with Crippen LogP contribution in [0.3, 0.4) is 0 Å². The summed E-state index contributed by atoms with van der Waals surface area (Å²) in [6.07, 6.45) is 1.25. The van der Waals surface area contributed by atoms with Gasteiger partial charge in [-0.25, -0.2) is 0 Å². The Bertz CT molecular complexity index is 584. The summed E-state index contributed by atoms with van der Waals surface area (Å²) in [6.45, 7) is 6.21.